The van der Waals surface area contributed by atoms with E-state index in [9.17, 15) is 4.79 Å². The van der Waals surface area contributed by atoms with Gasteiger partial charge in [0, 0.05) is 10.9 Å². The van der Waals surface area contributed by atoms with E-state index in [1.807, 2.05) is 18.2 Å². The fourth-order valence-electron chi connectivity index (χ4n) is 1.29. The summed E-state index contributed by atoms with van der Waals surface area (Å²) in [6, 6.07) is 5.63. The Bertz CT molecular complexity index is 350. The Morgan fingerprint density at radius 3 is 2.73 bits per heavy atom. The highest BCUT2D eigenvalue weighted by Crippen LogP contribution is 2.23. The molecule has 0 aromatic heterocycles. The Kier molecular flexibility index (Phi) is 4.78. The van der Waals surface area contributed by atoms with Gasteiger partial charge in [-0.2, -0.15) is 0 Å². The number of ether oxygens (including phenoxy) is 1. The normalized spacial score (nSPS) is 10.1. The van der Waals surface area contributed by atoms with Crippen LogP contribution in [0.3, 0.4) is 0 Å². The van der Waals surface area contributed by atoms with Gasteiger partial charge in [-0.05, 0) is 17.5 Å². The third-order valence-corrected chi connectivity index (χ3v) is 3.17. The molecule has 0 unspecified atom stereocenters. The molecule has 1 rings (SSSR count). The van der Waals surface area contributed by atoms with Crippen LogP contribution in [-0.2, 0) is 22.6 Å². The van der Waals surface area contributed by atoms with Gasteiger partial charge in [-0.1, -0.05) is 34.1 Å². The first-order chi connectivity index (χ1) is 7.19. The van der Waals surface area contributed by atoms with Crippen LogP contribution in [0.25, 0.3) is 0 Å². The molecule has 82 valence electrons. The van der Waals surface area contributed by atoms with E-state index in [0.717, 1.165) is 15.6 Å². The minimum Gasteiger partial charge on any atom is -0.469 e. The molecule has 0 aliphatic carbocycles. The molecule has 0 aliphatic rings. The Labute approximate surface area is 97.2 Å². The summed E-state index contributed by atoms with van der Waals surface area (Å²) in [5, 5.41) is 9.04. The second kappa shape index (κ2) is 5.88. The first-order valence-electron chi connectivity index (χ1n) is 4.63. The molecule has 0 heterocycles. The van der Waals surface area contributed by atoms with E-state index in [1.165, 1.54) is 7.11 Å². The number of aliphatic hydroxyl groups is 1. The summed E-state index contributed by atoms with van der Waals surface area (Å²) in [6.07, 6.45) is 0.963. The van der Waals surface area contributed by atoms with Crippen molar-refractivity contribution in [3.05, 3.63) is 33.8 Å². The number of aliphatic hydroxyl groups excluding tert-OH is 1. The first kappa shape index (κ1) is 12.2. The van der Waals surface area contributed by atoms with E-state index >= 15 is 0 Å². The van der Waals surface area contributed by atoms with Crippen LogP contribution in [-0.4, -0.2) is 18.2 Å². The number of methoxy groups -OCH3 is 1. The van der Waals surface area contributed by atoms with E-state index < -0.39 is 0 Å². The molecule has 0 atom stereocenters. The van der Waals surface area contributed by atoms with Crippen molar-refractivity contribution < 1.29 is 14.6 Å². The van der Waals surface area contributed by atoms with Crippen molar-refractivity contribution in [1.82, 2.24) is 0 Å². The molecule has 0 radical (unpaired) electrons. The smallest absolute Gasteiger partial charge is 0.305 e. The third-order valence-electron chi connectivity index (χ3n) is 2.16. The predicted octanol–water partition coefficient (Wildman–Crippen LogP) is 2.05. The summed E-state index contributed by atoms with van der Waals surface area (Å²) >= 11 is 3.40. The number of halogens is 1. The van der Waals surface area contributed by atoms with Crippen molar-refractivity contribution in [3.8, 4) is 0 Å². The quantitative estimate of drug-likeness (QED) is 0.854. The number of hydrogen-bond acceptors (Lipinski definition) is 3. The van der Waals surface area contributed by atoms with Gasteiger partial charge < -0.3 is 9.84 Å². The maximum Gasteiger partial charge on any atom is 0.305 e. The number of aryl methyl sites for hydroxylation is 1. The van der Waals surface area contributed by atoms with Crippen molar-refractivity contribution >= 4 is 21.9 Å². The molecule has 15 heavy (non-hydrogen) atoms. The lowest BCUT2D eigenvalue weighted by molar-refractivity contribution is -0.140. The van der Waals surface area contributed by atoms with E-state index in [-0.39, 0.29) is 12.6 Å². The standard InChI is InChI=1S/C11H13BrO3/c1-15-10(14)6-5-8-3-2-4-9(7-13)11(8)12/h2-4,13H,5-7H2,1H3. The summed E-state index contributed by atoms with van der Waals surface area (Å²) in [5.41, 5.74) is 1.84. The molecular weight excluding hydrogens is 260 g/mol. The highest BCUT2D eigenvalue weighted by atomic mass is 79.9. The van der Waals surface area contributed by atoms with Gasteiger partial charge in [0.2, 0.25) is 0 Å². The molecule has 1 aromatic carbocycles. The van der Waals surface area contributed by atoms with E-state index in [2.05, 4.69) is 20.7 Å². The molecule has 0 spiro atoms. The SMILES string of the molecule is COC(=O)CCc1cccc(CO)c1Br. The van der Waals surface area contributed by atoms with E-state index in [4.69, 9.17) is 5.11 Å². The van der Waals surface area contributed by atoms with Crippen LogP contribution >= 0.6 is 15.9 Å². The minimum absolute atomic E-state index is 0.00729. The van der Waals surface area contributed by atoms with Gasteiger partial charge in [0.15, 0.2) is 0 Å². The summed E-state index contributed by atoms with van der Waals surface area (Å²) in [5.74, 6) is -0.226. The van der Waals surface area contributed by atoms with Crippen LogP contribution in [0.15, 0.2) is 22.7 Å². The molecule has 3 nitrogen and oxygen atoms in total. The summed E-state index contributed by atoms with van der Waals surface area (Å²) < 4.78 is 5.44. The second-order valence-corrected chi connectivity index (χ2v) is 3.92. The monoisotopic (exact) mass is 272 g/mol. The second-order valence-electron chi connectivity index (χ2n) is 3.12. The lowest BCUT2D eigenvalue weighted by atomic mass is 10.1. The largest absolute Gasteiger partial charge is 0.469 e. The molecule has 1 N–H and O–H groups in total. The van der Waals surface area contributed by atoms with Gasteiger partial charge in [-0.3, -0.25) is 4.79 Å². The first-order valence-corrected chi connectivity index (χ1v) is 5.42. The third kappa shape index (κ3) is 3.32. The highest BCUT2D eigenvalue weighted by Gasteiger charge is 2.07. The van der Waals surface area contributed by atoms with E-state index in [1.54, 1.807) is 0 Å². The van der Waals surface area contributed by atoms with Gasteiger partial charge >= 0.3 is 5.97 Å². The number of hydrogen-bond donors (Lipinski definition) is 1. The van der Waals surface area contributed by atoms with Gasteiger partial charge in [-0.15, -0.1) is 0 Å². The maximum atomic E-state index is 11.0. The topological polar surface area (TPSA) is 46.5 Å². The number of carbonyl (C=O) groups excluding carboxylic acids is 1. The fraction of sp³-hybridized carbons (Fsp3) is 0.364. The fourth-order valence-corrected chi connectivity index (χ4v) is 1.87. The van der Waals surface area contributed by atoms with Crippen molar-refractivity contribution in [2.24, 2.45) is 0 Å². The minimum atomic E-state index is -0.226. The van der Waals surface area contributed by atoms with Gasteiger partial charge in [0.05, 0.1) is 13.7 Å². The highest BCUT2D eigenvalue weighted by molar-refractivity contribution is 9.10. The van der Waals surface area contributed by atoms with Crippen molar-refractivity contribution in [2.45, 2.75) is 19.4 Å². The summed E-state index contributed by atoms with van der Waals surface area (Å²) in [4.78, 5) is 11.0. The Morgan fingerprint density at radius 1 is 1.47 bits per heavy atom. The van der Waals surface area contributed by atoms with Crippen LogP contribution in [0.1, 0.15) is 17.5 Å². The maximum absolute atomic E-state index is 11.0. The van der Waals surface area contributed by atoms with Gasteiger partial charge in [0.25, 0.3) is 0 Å². The lowest BCUT2D eigenvalue weighted by Gasteiger charge is -2.07. The number of carbonyl (C=O) groups is 1. The molecule has 0 saturated heterocycles. The Hall–Kier alpha value is -0.870. The summed E-state index contributed by atoms with van der Waals surface area (Å²) in [6.45, 7) is -0.00729. The van der Waals surface area contributed by atoms with Crippen LogP contribution in [0.2, 0.25) is 0 Å². The molecule has 1 aromatic rings. The van der Waals surface area contributed by atoms with Crippen LogP contribution in [0, 0.1) is 0 Å². The lowest BCUT2D eigenvalue weighted by Crippen LogP contribution is -2.02. The Balaban J connectivity index is 2.73. The van der Waals surface area contributed by atoms with Crippen molar-refractivity contribution in [1.29, 1.82) is 0 Å². The summed E-state index contributed by atoms with van der Waals surface area (Å²) in [7, 11) is 1.38. The molecule has 0 fully saturated rings. The molecule has 0 amide bonds. The van der Waals surface area contributed by atoms with E-state index in [0.29, 0.717) is 12.8 Å². The van der Waals surface area contributed by atoms with Gasteiger partial charge in [-0.25, -0.2) is 0 Å². The zero-order valence-electron chi connectivity index (χ0n) is 8.50. The molecule has 0 bridgehead atoms. The van der Waals surface area contributed by atoms with Crippen molar-refractivity contribution in [3.63, 3.8) is 0 Å². The number of benzene rings is 1. The average Bonchev–Trinajstić information content (AvgIpc) is 2.27. The molecule has 0 saturated carbocycles. The molecule has 0 aliphatic heterocycles. The van der Waals surface area contributed by atoms with Gasteiger partial charge in [0.1, 0.15) is 0 Å². The van der Waals surface area contributed by atoms with Crippen LogP contribution < -0.4 is 0 Å². The average molecular weight is 273 g/mol. The molecular formula is C11H13BrO3. The Morgan fingerprint density at radius 2 is 2.13 bits per heavy atom. The number of esters is 1. The van der Waals surface area contributed by atoms with Crippen molar-refractivity contribution in [2.75, 3.05) is 7.11 Å². The zero-order chi connectivity index (χ0) is 11.3. The molecule has 4 heteroatoms. The zero-order valence-corrected chi connectivity index (χ0v) is 10.1. The predicted molar refractivity (Wildman–Crippen MR) is 60.4 cm³/mol. The van der Waals surface area contributed by atoms with Crippen LogP contribution in [0.5, 0.6) is 0 Å². The van der Waals surface area contributed by atoms with Crippen LogP contribution in [0.4, 0.5) is 0 Å². The number of rotatable bonds is 4.